The molecule has 6 heteroatoms. The van der Waals surface area contributed by atoms with Crippen LogP contribution >= 0.6 is 11.3 Å². The minimum Gasteiger partial charge on any atom is -0.368 e. The first kappa shape index (κ1) is 17.6. The number of benzene rings is 1. The molecule has 0 saturated carbocycles. The van der Waals surface area contributed by atoms with E-state index in [0.717, 1.165) is 38.0 Å². The Morgan fingerprint density at radius 3 is 3.08 bits per heavy atom. The maximum Gasteiger partial charge on any atom is 0.240 e. The van der Waals surface area contributed by atoms with E-state index in [1.807, 2.05) is 0 Å². The fraction of sp³-hybridized carbons (Fsp3) is 0.500. The minimum absolute atomic E-state index is 0.00438. The van der Waals surface area contributed by atoms with Crippen LogP contribution in [0.15, 0.2) is 24.3 Å². The molecule has 1 aliphatic carbocycles. The van der Waals surface area contributed by atoms with Crippen molar-refractivity contribution >= 4 is 22.4 Å². The molecule has 1 aliphatic heterocycles. The number of fused-ring (bicyclic) bond motifs is 2. The van der Waals surface area contributed by atoms with E-state index >= 15 is 0 Å². The second-order valence-corrected chi connectivity index (χ2v) is 8.34. The van der Waals surface area contributed by atoms with Crippen LogP contribution in [0.1, 0.15) is 35.0 Å². The third kappa shape index (κ3) is 3.29. The number of ether oxygens (including phenoxy) is 1. The summed E-state index contributed by atoms with van der Waals surface area (Å²) in [5.41, 5.74) is 3.50. The fourth-order valence-corrected chi connectivity index (χ4v) is 5.05. The van der Waals surface area contributed by atoms with Gasteiger partial charge in [-0.05, 0) is 37.3 Å². The number of morpholine rings is 1. The van der Waals surface area contributed by atoms with E-state index in [1.165, 1.54) is 16.0 Å². The molecule has 1 spiro atoms. The van der Waals surface area contributed by atoms with E-state index in [0.29, 0.717) is 18.3 Å². The molecule has 1 aromatic carbocycles. The van der Waals surface area contributed by atoms with E-state index in [2.05, 4.69) is 53.3 Å². The van der Waals surface area contributed by atoms with Gasteiger partial charge in [0.2, 0.25) is 5.91 Å². The van der Waals surface area contributed by atoms with Gasteiger partial charge in [0, 0.05) is 18.0 Å². The average Bonchev–Trinajstić information content (AvgIpc) is 3.16. The van der Waals surface area contributed by atoms with Crippen LogP contribution in [0, 0.1) is 6.92 Å². The summed E-state index contributed by atoms with van der Waals surface area (Å²) in [6.07, 6.45) is 2.94. The van der Waals surface area contributed by atoms with Crippen LogP contribution in [0.2, 0.25) is 0 Å². The van der Waals surface area contributed by atoms with Crippen molar-refractivity contribution in [2.24, 2.45) is 0 Å². The molecule has 2 heterocycles. The normalized spacial score (nSPS) is 22.5. The third-order valence-corrected chi connectivity index (χ3v) is 6.34. The average molecular weight is 372 g/mol. The topological polar surface area (TPSA) is 54.5 Å². The molecule has 2 aliphatic rings. The molecule has 0 bridgehead atoms. The van der Waals surface area contributed by atoms with E-state index in [9.17, 15) is 4.79 Å². The van der Waals surface area contributed by atoms with Gasteiger partial charge in [-0.3, -0.25) is 9.69 Å². The highest BCUT2D eigenvalue weighted by Crippen LogP contribution is 2.42. The largest absolute Gasteiger partial charge is 0.368 e. The van der Waals surface area contributed by atoms with Crippen molar-refractivity contribution in [2.45, 2.75) is 38.7 Å². The number of rotatable bonds is 4. The number of thiazole rings is 1. The Bertz CT molecular complexity index is 815. The predicted molar refractivity (Wildman–Crippen MR) is 104 cm³/mol. The van der Waals surface area contributed by atoms with Crippen LogP contribution in [0.3, 0.4) is 0 Å². The van der Waals surface area contributed by atoms with Gasteiger partial charge >= 0.3 is 0 Å². The summed E-state index contributed by atoms with van der Waals surface area (Å²) in [6, 6.07) is 8.54. The lowest BCUT2D eigenvalue weighted by Gasteiger charge is -2.40. The summed E-state index contributed by atoms with van der Waals surface area (Å²) in [6.45, 7) is 6.74. The van der Waals surface area contributed by atoms with Crippen LogP contribution < -0.4 is 5.32 Å². The Hall–Kier alpha value is -1.76. The van der Waals surface area contributed by atoms with Gasteiger partial charge < -0.3 is 10.1 Å². The summed E-state index contributed by atoms with van der Waals surface area (Å²) >= 11 is 1.55. The van der Waals surface area contributed by atoms with Gasteiger partial charge in [0.25, 0.3) is 0 Å². The van der Waals surface area contributed by atoms with Crippen molar-refractivity contribution in [3.05, 3.63) is 46.0 Å². The van der Waals surface area contributed by atoms with Crippen LogP contribution in [0.4, 0.5) is 5.13 Å². The zero-order chi connectivity index (χ0) is 18.1. The number of carbonyl (C=O) groups excluding carboxylic acids is 1. The Morgan fingerprint density at radius 2 is 2.27 bits per heavy atom. The number of carbonyl (C=O) groups is 1. The molecule has 5 nitrogen and oxygen atoms in total. The number of amides is 1. The van der Waals surface area contributed by atoms with E-state index in [1.54, 1.807) is 11.3 Å². The molecule has 0 unspecified atom stereocenters. The van der Waals surface area contributed by atoms with Crippen LogP contribution in [0.25, 0.3) is 0 Å². The smallest absolute Gasteiger partial charge is 0.240 e. The summed E-state index contributed by atoms with van der Waals surface area (Å²) in [7, 11) is 0. The van der Waals surface area contributed by atoms with Gasteiger partial charge in [-0.1, -0.05) is 31.2 Å². The molecule has 0 radical (unpaired) electrons. The molecule has 1 fully saturated rings. The monoisotopic (exact) mass is 371 g/mol. The molecule has 2 aromatic rings. The van der Waals surface area contributed by atoms with Crippen LogP contribution in [0.5, 0.6) is 0 Å². The van der Waals surface area contributed by atoms with Gasteiger partial charge in [-0.2, -0.15) is 0 Å². The molecule has 138 valence electrons. The van der Waals surface area contributed by atoms with Crippen molar-refractivity contribution in [3.8, 4) is 0 Å². The summed E-state index contributed by atoms with van der Waals surface area (Å²) < 4.78 is 6.23. The zero-order valence-electron chi connectivity index (χ0n) is 15.4. The molecule has 1 N–H and O–H groups in total. The lowest BCUT2D eigenvalue weighted by Crippen LogP contribution is -2.50. The van der Waals surface area contributed by atoms with Gasteiger partial charge in [-0.25, -0.2) is 4.98 Å². The molecule has 1 aromatic heterocycles. The molecule has 26 heavy (non-hydrogen) atoms. The highest BCUT2D eigenvalue weighted by Gasteiger charge is 2.43. The Labute approximate surface area is 158 Å². The SMILES string of the molecule is CCc1nc(NC(=O)CN2CCO[C@]3(CCc4ccccc43)C2)sc1C. The third-order valence-electron chi connectivity index (χ3n) is 5.41. The number of hydrogen-bond acceptors (Lipinski definition) is 5. The summed E-state index contributed by atoms with van der Waals surface area (Å²) in [5.74, 6) is 0.00438. The summed E-state index contributed by atoms with van der Waals surface area (Å²) in [5, 5.41) is 3.68. The Balaban J connectivity index is 1.42. The molecule has 1 saturated heterocycles. The highest BCUT2D eigenvalue weighted by molar-refractivity contribution is 7.15. The lowest BCUT2D eigenvalue weighted by atomic mass is 9.93. The van der Waals surface area contributed by atoms with Gasteiger partial charge in [0.1, 0.15) is 5.60 Å². The maximum atomic E-state index is 12.5. The van der Waals surface area contributed by atoms with E-state index < -0.39 is 0 Å². The second kappa shape index (κ2) is 7.10. The number of hydrogen-bond donors (Lipinski definition) is 1. The molecule has 1 amide bonds. The van der Waals surface area contributed by atoms with Crippen molar-refractivity contribution in [1.29, 1.82) is 0 Å². The first-order chi connectivity index (χ1) is 12.6. The number of nitrogens with one attached hydrogen (secondary N) is 1. The number of anilines is 1. The van der Waals surface area contributed by atoms with Crippen LogP contribution in [-0.4, -0.2) is 42.0 Å². The van der Waals surface area contributed by atoms with Crippen LogP contribution in [-0.2, 0) is 28.0 Å². The van der Waals surface area contributed by atoms with Gasteiger partial charge in [0.15, 0.2) is 5.13 Å². The molecule has 1 atom stereocenters. The second-order valence-electron chi connectivity index (χ2n) is 7.13. The molecular weight excluding hydrogens is 346 g/mol. The zero-order valence-corrected chi connectivity index (χ0v) is 16.2. The molecule has 4 rings (SSSR count). The predicted octanol–water partition coefficient (Wildman–Crippen LogP) is 3.13. The lowest BCUT2D eigenvalue weighted by molar-refractivity contribution is -0.129. The summed E-state index contributed by atoms with van der Waals surface area (Å²) in [4.78, 5) is 20.4. The van der Waals surface area contributed by atoms with Crippen molar-refractivity contribution in [1.82, 2.24) is 9.88 Å². The van der Waals surface area contributed by atoms with E-state index in [-0.39, 0.29) is 11.5 Å². The highest BCUT2D eigenvalue weighted by atomic mass is 32.1. The van der Waals surface area contributed by atoms with Crippen molar-refractivity contribution in [3.63, 3.8) is 0 Å². The Kier molecular flexibility index (Phi) is 4.82. The fourth-order valence-electron chi connectivity index (χ4n) is 4.13. The van der Waals surface area contributed by atoms with Gasteiger partial charge in [0.05, 0.1) is 18.8 Å². The first-order valence-electron chi connectivity index (χ1n) is 9.30. The standard InChI is InChI=1S/C20H25N3O2S/c1-3-17-14(2)26-19(21-17)22-18(24)12-23-10-11-25-20(13-23)9-8-15-6-4-5-7-16(15)20/h4-7H,3,8-13H2,1-2H3,(H,21,22,24)/t20-/m1/s1. The quantitative estimate of drug-likeness (QED) is 0.897. The van der Waals surface area contributed by atoms with Crippen molar-refractivity contribution < 1.29 is 9.53 Å². The first-order valence-corrected chi connectivity index (χ1v) is 10.1. The maximum absolute atomic E-state index is 12.5. The van der Waals surface area contributed by atoms with Gasteiger partial charge in [-0.15, -0.1) is 11.3 Å². The minimum atomic E-state index is -0.248. The number of aryl methyl sites for hydroxylation is 3. The number of aromatic nitrogens is 1. The van der Waals surface area contributed by atoms with E-state index in [4.69, 9.17) is 4.74 Å². The van der Waals surface area contributed by atoms with Crippen molar-refractivity contribution in [2.75, 3.05) is 31.6 Å². The Morgan fingerprint density at radius 1 is 1.42 bits per heavy atom. The molecular formula is C20H25N3O2S. The number of nitrogens with zero attached hydrogens (tertiary/aromatic N) is 2.